The van der Waals surface area contributed by atoms with Crippen molar-refractivity contribution in [3.05, 3.63) is 28.2 Å². The van der Waals surface area contributed by atoms with Crippen molar-refractivity contribution in [2.24, 2.45) is 10.9 Å². The van der Waals surface area contributed by atoms with Gasteiger partial charge in [0.2, 0.25) is 0 Å². The molecule has 1 N–H and O–H groups in total. The van der Waals surface area contributed by atoms with Crippen molar-refractivity contribution in [2.45, 2.75) is 24.9 Å². The molecule has 4 fully saturated rings. The summed E-state index contributed by atoms with van der Waals surface area (Å²) < 4.78 is 0. The molecular weight excluding hydrogens is 309 g/mol. The summed E-state index contributed by atoms with van der Waals surface area (Å²) in [6, 6.07) is 5.41. The zero-order chi connectivity index (χ0) is 14.4. The van der Waals surface area contributed by atoms with Crippen LogP contribution in [0.1, 0.15) is 19.3 Å². The lowest BCUT2D eigenvalue weighted by molar-refractivity contribution is -0.150. The quantitative estimate of drug-likeness (QED) is 0.859. The predicted molar refractivity (Wildman–Crippen MR) is 84.3 cm³/mol. The van der Waals surface area contributed by atoms with Gasteiger partial charge in [-0.2, -0.15) is 0 Å². The molecule has 0 saturated carbocycles. The highest BCUT2D eigenvalue weighted by molar-refractivity contribution is 6.42. The van der Waals surface area contributed by atoms with Gasteiger partial charge in [0.05, 0.1) is 15.7 Å². The van der Waals surface area contributed by atoms with Crippen LogP contribution in [-0.2, 0) is 4.84 Å². The van der Waals surface area contributed by atoms with Crippen LogP contribution in [0, 0.1) is 5.92 Å². The van der Waals surface area contributed by atoms with E-state index in [4.69, 9.17) is 28.0 Å². The number of fused-ring (bicyclic) bond motifs is 2. The summed E-state index contributed by atoms with van der Waals surface area (Å²) in [5, 5.41) is 1.07. The van der Waals surface area contributed by atoms with Gasteiger partial charge >= 0.3 is 0 Å². The van der Waals surface area contributed by atoms with Crippen LogP contribution in [0.5, 0.6) is 0 Å². The van der Waals surface area contributed by atoms with Gasteiger partial charge < -0.3 is 4.90 Å². The van der Waals surface area contributed by atoms with E-state index >= 15 is 0 Å². The van der Waals surface area contributed by atoms with E-state index < -0.39 is 0 Å². The number of piperidine rings is 3. The number of hydrogen-bond acceptors (Lipinski definition) is 3. The van der Waals surface area contributed by atoms with E-state index in [0.717, 1.165) is 24.5 Å². The fourth-order valence-corrected chi connectivity index (χ4v) is 4.02. The molecule has 0 aromatic heterocycles. The summed E-state index contributed by atoms with van der Waals surface area (Å²) in [6.07, 6.45) is 3.29. The standard InChI is InChI=1S/C15H17Cl2N3O/c16-12-2-1-11(7-13(12)17)18-14-8-15(21-19-14)9-20-5-3-10(15)4-6-20/h1-2,7,10H,3-6,8-9H2,(H,18,19). The maximum absolute atomic E-state index is 6.03. The van der Waals surface area contributed by atoms with Crippen molar-refractivity contribution < 1.29 is 4.84 Å². The number of benzene rings is 1. The molecule has 4 saturated heterocycles. The summed E-state index contributed by atoms with van der Waals surface area (Å²) in [6.45, 7) is 3.41. The normalized spacial score (nSPS) is 36.4. The van der Waals surface area contributed by atoms with Crippen molar-refractivity contribution >= 4 is 34.7 Å². The van der Waals surface area contributed by atoms with E-state index in [-0.39, 0.29) is 5.60 Å². The molecule has 4 nitrogen and oxygen atoms in total. The molecule has 4 heterocycles. The van der Waals surface area contributed by atoms with E-state index in [2.05, 4.69) is 15.4 Å². The fourth-order valence-electron chi connectivity index (χ4n) is 3.73. The Bertz CT molecular complexity index is 599. The molecule has 0 radical (unpaired) electrons. The predicted octanol–water partition coefficient (Wildman–Crippen LogP) is 3.41. The minimum Gasteiger partial charge on any atom is -0.300 e. The largest absolute Gasteiger partial charge is 0.300 e. The zero-order valence-corrected chi connectivity index (χ0v) is 13.1. The van der Waals surface area contributed by atoms with E-state index in [9.17, 15) is 0 Å². The number of amidine groups is 1. The van der Waals surface area contributed by atoms with Crippen LogP contribution in [0.25, 0.3) is 0 Å². The van der Waals surface area contributed by atoms with Gasteiger partial charge in [-0.25, -0.2) is 4.99 Å². The first-order valence-corrected chi connectivity index (χ1v) is 8.09. The Labute approximate surface area is 134 Å². The topological polar surface area (TPSA) is 36.9 Å². The van der Waals surface area contributed by atoms with Gasteiger partial charge in [-0.1, -0.05) is 23.2 Å². The molecular formula is C15H17Cl2N3O. The monoisotopic (exact) mass is 325 g/mol. The van der Waals surface area contributed by atoms with Gasteiger partial charge in [0, 0.05) is 13.0 Å². The lowest BCUT2D eigenvalue weighted by Crippen LogP contribution is -2.59. The molecule has 1 aromatic carbocycles. The first-order valence-electron chi connectivity index (χ1n) is 7.34. The second-order valence-corrected chi connectivity index (χ2v) is 6.97. The van der Waals surface area contributed by atoms with Crippen LogP contribution < -0.4 is 5.48 Å². The van der Waals surface area contributed by atoms with Gasteiger partial charge in [0.25, 0.3) is 0 Å². The molecule has 0 aliphatic carbocycles. The van der Waals surface area contributed by atoms with Crippen molar-refractivity contribution in [2.75, 3.05) is 19.6 Å². The fraction of sp³-hybridized carbons (Fsp3) is 0.533. The molecule has 4 aliphatic rings. The minimum absolute atomic E-state index is 0.0917. The highest BCUT2D eigenvalue weighted by atomic mass is 35.5. The third kappa shape index (κ3) is 2.44. The van der Waals surface area contributed by atoms with Crippen molar-refractivity contribution in [3.8, 4) is 0 Å². The van der Waals surface area contributed by atoms with Crippen LogP contribution in [0.15, 0.2) is 23.2 Å². The first-order chi connectivity index (χ1) is 10.1. The molecule has 6 heteroatoms. The lowest BCUT2D eigenvalue weighted by Gasteiger charge is -2.49. The Morgan fingerprint density at radius 3 is 2.71 bits per heavy atom. The zero-order valence-electron chi connectivity index (χ0n) is 11.6. The van der Waals surface area contributed by atoms with Crippen molar-refractivity contribution in [1.82, 2.24) is 10.4 Å². The number of halogens is 2. The van der Waals surface area contributed by atoms with Crippen LogP contribution >= 0.6 is 23.2 Å². The summed E-state index contributed by atoms with van der Waals surface area (Å²) in [7, 11) is 0. The molecule has 21 heavy (non-hydrogen) atoms. The smallest absolute Gasteiger partial charge is 0.129 e. The van der Waals surface area contributed by atoms with Crippen molar-refractivity contribution in [3.63, 3.8) is 0 Å². The van der Waals surface area contributed by atoms with Gasteiger partial charge in [-0.3, -0.25) is 10.3 Å². The molecule has 2 bridgehead atoms. The maximum Gasteiger partial charge on any atom is 0.129 e. The molecule has 4 aliphatic heterocycles. The van der Waals surface area contributed by atoms with E-state index in [1.54, 1.807) is 12.1 Å². The summed E-state index contributed by atoms with van der Waals surface area (Å²) in [5.41, 5.74) is 3.74. The van der Waals surface area contributed by atoms with Crippen LogP contribution in [0.3, 0.4) is 0 Å². The summed E-state index contributed by atoms with van der Waals surface area (Å²) in [4.78, 5) is 13.1. The molecule has 5 rings (SSSR count). The lowest BCUT2D eigenvalue weighted by atomic mass is 9.74. The Kier molecular flexibility index (Phi) is 3.38. The van der Waals surface area contributed by atoms with Gasteiger partial charge in [0.1, 0.15) is 11.4 Å². The molecule has 1 spiro atoms. The summed E-state index contributed by atoms with van der Waals surface area (Å²) in [5.74, 6) is 1.51. The van der Waals surface area contributed by atoms with E-state index in [1.807, 2.05) is 6.07 Å². The van der Waals surface area contributed by atoms with Crippen molar-refractivity contribution in [1.29, 1.82) is 0 Å². The molecule has 1 aromatic rings. The van der Waals surface area contributed by atoms with Gasteiger partial charge in [0.15, 0.2) is 0 Å². The number of hydrogen-bond donors (Lipinski definition) is 1. The maximum atomic E-state index is 6.03. The molecule has 1 atom stereocenters. The first kappa shape index (κ1) is 13.8. The summed E-state index contributed by atoms with van der Waals surface area (Å²) >= 11 is 12.0. The minimum atomic E-state index is -0.0917. The van der Waals surface area contributed by atoms with Crippen LogP contribution in [0.4, 0.5) is 5.69 Å². The number of hydroxylamine groups is 1. The Morgan fingerprint density at radius 2 is 2.05 bits per heavy atom. The van der Waals surface area contributed by atoms with E-state index in [1.165, 1.54) is 25.9 Å². The van der Waals surface area contributed by atoms with Crippen LogP contribution in [0.2, 0.25) is 10.0 Å². The average molecular weight is 326 g/mol. The Hall–Kier alpha value is -0.810. The Morgan fingerprint density at radius 1 is 1.24 bits per heavy atom. The third-order valence-corrected chi connectivity index (χ3v) is 5.57. The second kappa shape index (κ2) is 5.13. The van der Waals surface area contributed by atoms with Gasteiger partial charge in [-0.05, 0) is 50.0 Å². The number of nitrogens with one attached hydrogen (secondary N) is 1. The van der Waals surface area contributed by atoms with E-state index in [0.29, 0.717) is 16.0 Å². The Balaban J connectivity index is 1.56. The molecule has 1 unspecified atom stereocenters. The number of rotatable bonds is 1. The number of nitrogens with zero attached hydrogens (tertiary/aromatic N) is 2. The highest BCUT2D eigenvalue weighted by Crippen LogP contribution is 2.42. The highest BCUT2D eigenvalue weighted by Gasteiger charge is 2.52. The van der Waals surface area contributed by atoms with Gasteiger partial charge in [-0.15, -0.1) is 0 Å². The average Bonchev–Trinajstić information content (AvgIpc) is 2.87. The molecule has 0 amide bonds. The van der Waals surface area contributed by atoms with Crippen LogP contribution in [-0.4, -0.2) is 36.0 Å². The SMILES string of the molecule is Clc1ccc(N=C2CC3(CN4CCC3CC4)ON2)cc1Cl. The second-order valence-electron chi connectivity index (χ2n) is 6.15. The third-order valence-electron chi connectivity index (χ3n) is 4.83. The molecule has 112 valence electrons. The number of aliphatic imine (C=N–C) groups is 1.